The van der Waals surface area contributed by atoms with Crippen molar-refractivity contribution in [2.45, 2.75) is 27.3 Å². The summed E-state index contributed by atoms with van der Waals surface area (Å²) in [6, 6.07) is 6.32. The Morgan fingerprint density at radius 3 is 2.80 bits per heavy atom. The van der Waals surface area contributed by atoms with Gasteiger partial charge in [-0.05, 0) is 38.1 Å². The molecule has 1 aromatic heterocycles. The molecule has 0 radical (unpaired) electrons. The van der Waals surface area contributed by atoms with Crippen molar-refractivity contribution in [2.75, 3.05) is 6.54 Å². The minimum Gasteiger partial charge on any atom is -0.459 e. The van der Waals surface area contributed by atoms with Crippen molar-refractivity contribution in [2.24, 2.45) is 0 Å². The predicted octanol–water partition coefficient (Wildman–Crippen LogP) is 3.16. The maximum Gasteiger partial charge on any atom is 0.134 e. The number of furan rings is 1. The predicted molar refractivity (Wildman–Crippen MR) is 63.1 cm³/mol. The van der Waals surface area contributed by atoms with Gasteiger partial charge in [0.15, 0.2) is 0 Å². The minimum absolute atomic E-state index is 0.816. The van der Waals surface area contributed by atoms with E-state index in [2.05, 4.69) is 38.2 Å². The van der Waals surface area contributed by atoms with E-state index in [1.165, 1.54) is 16.5 Å². The first-order valence-corrected chi connectivity index (χ1v) is 5.41. The second-order valence-corrected chi connectivity index (χ2v) is 3.93. The summed E-state index contributed by atoms with van der Waals surface area (Å²) in [6.07, 6.45) is 0. The van der Waals surface area contributed by atoms with Crippen LogP contribution in [0.1, 0.15) is 23.8 Å². The molecule has 15 heavy (non-hydrogen) atoms. The molecule has 0 atom stereocenters. The first-order valence-electron chi connectivity index (χ1n) is 5.41. The molecule has 1 N–H and O–H groups in total. The number of hydrogen-bond donors (Lipinski definition) is 1. The average molecular weight is 203 g/mol. The number of hydrogen-bond acceptors (Lipinski definition) is 2. The van der Waals surface area contributed by atoms with E-state index in [-0.39, 0.29) is 0 Å². The fourth-order valence-electron chi connectivity index (χ4n) is 1.79. The average Bonchev–Trinajstić information content (AvgIpc) is 2.53. The van der Waals surface area contributed by atoms with E-state index in [9.17, 15) is 0 Å². The van der Waals surface area contributed by atoms with Crippen molar-refractivity contribution in [3.05, 3.63) is 35.1 Å². The summed E-state index contributed by atoms with van der Waals surface area (Å²) in [4.78, 5) is 0. The van der Waals surface area contributed by atoms with Crippen LogP contribution in [0, 0.1) is 13.8 Å². The standard InChI is InChI=1S/C13H17NO/c1-4-14-8-13-10(3)11-7-9(2)5-6-12(11)15-13/h5-7,14H,4,8H2,1-3H3. The van der Waals surface area contributed by atoms with Gasteiger partial charge in [0.05, 0.1) is 6.54 Å². The van der Waals surface area contributed by atoms with Gasteiger partial charge in [-0.3, -0.25) is 0 Å². The van der Waals surface area contributed by atoms with Crippen molar-refractivity contribution in [3.63, 3.8) is 0 Å². The molecule has 0 fully saturated rings. The fraction of sp³-hybridized carbons (Fsp3) is 0.385. The van der Waals surface area contributed by atoms with Gasteiger partial charge in [-0.1, -0.05) is 18.6 Å². The summed E-state index contributed by atoms with van der Waals surface area (Å²) >= 11 is 0. The summed E-state index contributed by atoms with van der Waals surface area (Å²) in [5.74, 6) is 1.05. The number of nitrogens with one attached hydrogen (secondary N) is 1. The summed E-state index contributed by atoms with van der Waals surface area (Å²) in [6.45, 7) is 8.11. The number of aryl methyl sites for hydroxylation is 2. The molecule has 1 heterocycles. The van der Waals surface area contributed by atoms with Gasteiger partial charge in [0.25, 0.3) is 0 Å². The van der Waals surface area contributed by atoms with E-state index in [0.29, 0.717) is 0 Å². The highest BCUT2D eigenvalue weighted by Gasteiger charge is 2.09. The molecule has 0 amide bonds. The van der Waals surface area contributed by atoms with Gasteiger partial charge < -0.3 is 9.73 Å². The SMILES string of the molecule is CCNCc1oc2ccc(C)cc2c1C. The lowest BCUT2D eigenvalue weighted by Crippen LogP contribution is -2.11. The van der Waals surface area contributed by atoms with Crippen molar-refractivity contribution in [1.82, 2.24) is 5.32 Å². The van der Waals surface area contributed by atoms with Gasteiger partial charge in [-0.25, -0.2) is 0 Å². The Hall–Kier alpha value is -1.28. The lowest BCUT2D eigenvalue weighted by molar-refractivity contribution is 0.516. The Morgan fingerprint density at radius 1 is 1.27 bits per heavy atom. The monoisotopic (exact) mass is 203 g/mol. The molecule has 0 aliphatic heterocycles. The van der Waals surface area contributed by atoms with Crippen LogP contribution >= 0.6 is 0 Å². The zero-order valence-corrected chi connectivity index (χ0v) is 9.55. The van der Waals surface area contributed by atoms with Crippen molar-refractivity contribution in [1.29, 1.82) is 0 Å². The van der Waals surface area contributed by atoms with E-state index in [0.717, 1.165) is 24.4 Å². The van der Waals surface area contributed by atoms with Crippen molar-refractivity contribution in [3.8, 4) is 0 Å². The molecule has 0 bridgehead atoms. The quantitative estimate of drug-likeness (QED) is 0.829. The van der Waals surface area contributed by atoms with Gasteiger partial charge in [-0.2, -0.15) is 0 Å². The Labute approximate surface area is 90.3 Å². The van der Waals surface area contributed by atoms with Crippen LogP contribution in [0.5, 0.6) is 0 Å². The highest BCUT2D eigenvalue weighted by atomic mass is 16.3. The van der Waals surface area contributed by atoms with Gasteiger partial charge in [0, 0.05) is 5.39 Å². The van der Waals surface area contributed by atoms with E-state index in [1.807, 2.05) is 6.07 Å². The van der Waals surface area contributed by atoms with E-state index in [1.54, 1.807) is 0 Å². The third kappa shape index (κ3) is 1.90. The number of fused-ring (bicyclic) bond motifs is 1. The second kappa shape index (κ2) is 4.07. The maximum absolute atomic E-state index is 5.79. The van der Waals surface area contributed by atoms with Gasteiger partial charge in [-0.15, -0.1) is 0 Å². The Morgan fingerprint density at radius 2 is 2.07 bits per heavy atom. The van der Waals surface area contributed by atoms with Gasteiger partial charge in [0.2, 0.25) is 0 Å². The van der Waals surface area contributed by atoms with Crippen molar-refractivity contribution >= 4 is 11.0 Å². The zero-order chi connectivity index (χ0) is 10.8. The Kier molecular flexibility index (Phi) is 2.78. The summed E-state index contributed by atoms with van der Waals surface area (Å²) in [7, 11) is 0. The van der Waals surface area contributed by atoms with E-state index < -0.39 is 0 Å². The van der Waals surface area contributed by atoms with Crippen LogP contribution in [0.3, 0.4) is 0 Å². The van der Waals surface area contributed by atoms with Crippen molar-refractivity contribution < 1.29 is 4.42 Å². The fourth-order valence-corrected chi connectivity index (χ4v) is 1.79. The Balaban J connectivity index is 2.45. The maximum atomic E-state index is 5.79. The molecule has 0 aliphatic carbocycles. The van der Waals surface area contributed by atoms with E-state index >= 15 is 0 Å². The van der Waals surface area contributed by atoms with Crippen LogP contribution in [-0.2, 0) is 6.54 Å². The van der Waals surface area contributed by atoms with Crippen LogP contribution in [0.25, 0.3) is 11.0 Å². The summed E-state index contributed by atoms with van der Waals surface area (Å²) in [5.41, 5.74) is 3.53. The zero-order valence-electron chi connectivity index (χ0n) is 9.55. The molecule has 0 aliphatic rings. The van der Waals surface area contributed by atoms with Crippen LogP contribution in [0.15, 0.2) is 22.6 Å². The van der Waals surface area contributed by atoms with Gasteiger partial charge >= 0.3 is 0 Å². The molecule has 80 valence electrons. The second-order valence-electron chi connectivity index (χ2n) is 3.93. The highest BCUT2D eigenvalue weighted by molar-refractivity contribution is 5.82. The smallest absolute Gasteiger partial charge is 0.134 e. The lowest BCUT2D eigenvalue weighted by Gasteiger charge is -1.98. The third-order valence-electron chi connectivity index (χ3n) is 2.73. The Bertz CT molecular complexity index is 471. The molecular weight excluding hydrogens is 186 g/mol. The van der Waals surface area contributed by atoms with Crippen LogP contribution in [0.4, 0.5) is 0 Å². The molecular formula is C13H17NO. The molecule has 0 saturated heterocycles. The largest absolute Gasteiger partial charge is 0.459 e. The third-order valence-corrected chi connectivity index (χ3v) is 2.73. The summed E-state index contributed by atoms with van der Waals surface area (Å²) in [5, 5.41) is 4.53. The summed E-state index contributed by atoms with van der Waals surface area (Å²) < 4.78 is 5.79. The molecule has 2 aromatic rings. The number of rotatable bonds is 3. The van der Waals surface area contributed by atoms with Crippen LogP contribution in [0.2, 0.25) is 0 Å². The molecule has 1 aromatic carbocycles. The topological polar surface area (TPSA) is 25.2 Å². The molecule has 2 rings (SSSR count). The minimum atomic E-state index is 0.816. The molecule has 2 nitrogen and oxygen atoms in total. The normalized spacial score (nSPS) is 11.1. The molecule has 0 saturated carbocycles. The lowest BCUT2D eigenvalue weighted by atomic mass is 10.1. The number of benzene rings is 1. The highest BCUT2D eigenvalue weighted by Crippen LogP contribution is 2.25. The first kappa shape index (κ1) is 10.2. The van der Waals surface area contributed by atoms with Crippen LogP contribution in [-0.4, -0.2) is 6.54 Å². The molecule has 2 heteroatoms. The van der Waals surface area contributed by atoms with Crippen LogP contribution < -0.4 is 5.32 Å². The van der Waals surface area contributed by atoms with E-state index in [4.69, 9.17) is 4.42 Å². The van der Waals surface area contributed by atoms with Gasteiger partial charge in [0.1, 0.15) is 11.3 Å². The molecule has 0 spiro atoms. The molecule has 0 unspecified atom stereocenters. The first-order chi connectivity index (χ1) is 7.22.